The molecule has 7 heteroatoms. The van der Waals surface area contributed by atoms with Gasteiger partial charge in [0.15, 0.2) is 0 Å². The molecule has 3 heterocycles. The van der Waals surface area contributed by atoms with E-state index < -0.39 is 0 Å². The van der Waals surface area contributed by atoms with Gasteiger partial charge in [-0.1, -0.05) is 23.5 Å². The van der Waals surface area contributed by atoms with Gasteiger partial charge >= 0.3 is 0 Å². The molecule has 150 valence electrons. The van der Waals surface area contributed by atoms with Crippen molar-refractivity contribution in [2.45, 2.75) is 31.6 Å². The standard InChI is InChI=1S/C21H28N4O2S/c1-15-5-4-8-24(10-15)13-21(26)25-11-18(16-6-3-7-17(9-16)27-2)19(12-25)20-14-28-23-22-20/h3,6-7,9,14-15,18-19H,4-5,8,10-13H2,1-2H3/t15-,18-,19+/m0/s1. The average molecular weight is 401 g/mol. The Bertz CT molecular complexity index is 797. The van der Waals surface area contributed by atoms with Crippen molar-refractivity contribution in [1.29, 1.82) is 0 Å². The maximum atomic E-state index is 13.1. The molecule has 0 N–H and O–H groups in total. The van der Waals surface area contributed by atoms with Crippen LogP contribution in [-0.2, 0) is 4.79 Å². The monoisotopic (exact) mass is 400 g/mol. The van der Waals surface area contributed by atoms with Crippen LogP contribution in [0.5, 0.6) is 5.75 Å². The van der Waals surface area contributed by atoms with Crippen LogP contribution in [0.25, 0.3) is 0 Å². The van der Waals surface area contributed by atoms with Crippen LogP contribution in [0.15, 0.2) is 29.6 Å². The molecule has 2 aliphatic heterocycles. The summed E-state index contributed by atoms with van der Waals surface area (Å²) in [6.45, 7) is 6.28. The van der Waals surface area contributed by atoms with Crippen LogP contribution in [0.1, 0.15) is 42.9 Å². The average Bonchev–Trinajstić information content (AvgIpc) is 3.37. The lowest BCUT2D eigenvalue weighted by Crippen LogP contribution is -2.43. The molecular weight excluding hydrogens is 372 g/mol. The summed E-state index contributed by atoms with van der Waals surface area (Å²) < 4.78 is 9.47. The summed E-state index contributed by atoms with van der Waals surface area (Å²) in [6.07, 6.45) is 2.46. The van der Waals surface area contributed by atoms with Crippen molar-refractivity contribution in [1.82, 2.24) is 19.4 Å². The van der Waals surface area contributed by atoms with Crippen molar-refractivity contribution in [2.24, 2.45) is 5.92 Å². The highest BCUT2D eigenvalue weighted by Gasteiger charge is 2.39. The van der Waals surface area contributed by atoms with Crippen LogP contribution in [0.4, 0.5) is 0 Å². The van der Waals surface area contributed by atoms with Gasteiger partial charge in [0, 0.05) is 36.9 Å². The Kier molecular flexibility index (Phi) is 5.92. The Morgan fingerprint density at radius 3 is 2.89 bits per heavy atom. The highest BCUT2D eigenvalue weighted by atomic mass is 32.1. The second kappa shape index (κ2) is 8.57. The topological polar surface area (TPSA) is 58.6 Å². The van der Waals surface area contributed by atoms with Gasteiger partial charge in [0.05, 0.1) is 19.3 Å². The summed E-state index contributed by atoms with van der Waals surface area (Å²) in [4.78, 5) is 17.4. The molecule has 2 aromatic rings. The van der Waals surface area contributed by atoms with Gasteiger partial charge in [-0.3, -0.25) is 9.69 Å². The van der Waals surface area contributed by atoms with Crippen LogP contribution in [0.2, 0.25) is 0 Å². The van der Waals surface area contributed by atoms with Crippen molar-refractivity contribution in [3.05, 3.63) is 40.9 Å². The SMILES string of the molecule is COc1cccc([C@@H]2CN(C(=O)CN3CCC[C@H](C)C3)C[C@H]2c2csnn2)c1. The summed E-state index contributed by atoms with van der Waals surface area (Å²) >= 11 is 1.37. The third-order valence-corrected chi connectivity index (χ3v) is 6.57. The number of piperidine rings is 1. The number of ether oxygens (including phenoxy) is 1. The van der Waals surface area contributed by atoms with Crippen molar-refractivity contribution >= 4 is 17.4 Å². The predicted molar refractivity (Wildman–Crippen MR) is 110 cm³/mol. The van der Waals surface area contributed by atoms with E-state index in [4.69, 9.17) is 4.74 Å². The van der Waals surface area contributed by atoms with Gasteiger partial charge in [-0.15, -0.1) is 5.10 Å². The number of aromatic nitrogens is 2. The Morgan fingerprint density at radius 1 is 1.29 bits per heavy atom. The molecule has 1 aromatic heterocycles. The second-order valence-corrected chi connectivity index (χ2v) is 8.71. The quantitative estimate of drug-likeness (QED) is 0.772. The fraction of sp³-hybridized carbons (Fsp3) is 0.571. The zero-order valence-corrected chi connectivity index (χ0v) is 17.4. The normalized spacial score (nSPS) is 25.8. The molecule has 0 unspecified atom stereocenters. The molecule has 2 fully saturated rings. The number of hydrogen-bond donors (Lipinski definition) is 0. The number of methoxy groups -OCH3 is 1. The van der Waals surface area contributed by atoms with Crippen molar-refractivity contribution in [2.75, 3.05) is 39.8 Å². The van der Waals surface area contributed by atoms with E-state index in [0.29, 0.717) is 19.0 Å². The molecule has 0 radical (unpaired) electrons. The van der Waals surface area contributed by atoms with Gasteiger partial charge < -0.3 is 9.64 Å². The van der Waals surface area contributed by atoms with E-state index in [9.17, 15) is 4.79 Å². The Labute approximate surface area is 170 Å². The first-order valence-electron chi connectivity index (χ1n) is 10.0. The molecule has 0 saturated carbocycles. The van der Waals surface area contributed by atoms with E-state index in [-0.39, 0.29) is 17.7 Å². The summed E-state index contributed by atoms with van der Waals surface area (Å²) in [5, 5.41) is 6.34. The highest BCUT2D eigenvalue weighted by Crippen LogP contribution is 2.40. The molecule has 0 spiro atoms. The minimum absolute atomic E-state index is 0.176. The Morgan fingerprint density at radius 2 is 2.14 bits per heavy atom. The van der Waals surface area contributed by atoms with Crippen molar-refractivity contribution < 1.29 is 9.53 Å². The first-order chi connectivity index (χ1) is 13.6. The zero-order chi connectivity index (χ0) is 19.5. The van der Waals surface area contributed by atoms with Crippen molar-refractivity contribution in [3.63, 3.8) is 0 Å². The predicted octanol–water partition coefficient (Wildman–Crippen LogP) is 2.99. The molecule has 3 atom stereocenters. The van der Waals surface area contributed by atoms with E-state index >= 15 is 0 Å². The van der Waals surface area contributed by atoms with E-state index in [0.717, 1.165) is 31.1 Å². The van der Waals surface area contributed by atoms with Crippen LogP contribution in [0, 0.1) is 5.92 Å². The third-order valence-electron chi connectivity index (χ3n) is 6.05. The summed E-state index contributed by atoms with van der Waals surface area (Å²) in [7, 11) is 1.69. The number of carbonyl (C=O) groups excluding carboxylic acids is 1. The number of benzene rings is 1. The maximum Gasteiger partial charge on any atom is 0.236 e. The zero-order valence-electron chi connectivity index (χ0n) is 16.6. The van der Waals surface area contributed by atoms with Gasteiger partial charge in [0.2, 0.25) is 5.91 Å². The summed E-state index contributed by atoms with van der Waals surface area (Å²) in [5.41, 5.74) is 2.18. The van der Waals surface area contributed by atoms with Gasteiger partial charge in [-0.05, 0) is 54.5 Å². The van der Waals surface area contributed by atoms with Crippen LogP contribution in [0.3, 0.4) is 0 Å². The molecule has 2 saturated heterocycles. The van der Waals surface area contributed by atoms with E-state index in [1.165, 1.54) is 29.9 Å². The van der Waals surface area contributed by atoms with Gasteiger partial charge in [-0.25, -0.2) is 0 Å². The molecule has 0 bridgehead atoms. The molecule has 1 aromatic carbocycles. The number of amides is 1. The van der Waals surface area contributed by atoms with Gasteiger partial charge in [-0.2, -0.15) is 0 Å². The van der Waals surface area contributed by atoms with E-state index in [1.54, 1.807) is 7.11 Å². The summed E-state index contributed by atoms with van der Waals surface area (Å²) in [6, 6.07) is 8.18. The minimum Gasteiger partial charge on any atom is -0.497 e. The number of carbonyl (C=O) groups is 1. The van der Waals surface area contributed by atoms with E-state index in [2.05, 4.69) is 33.5 Å². The fourth-order valence-electron chi connectivity index (χ4n) is 4.57. The third kappa shape index (κ3) is 4.20. The lowest BCUT2D eigenvalue weighted by Gasteiger charge is -2.31. The fourth-order valence-corrected chi connectivity index (χ4v) is 5.09. The lowest BCUT2D eigenvalue weighted by atomic mass is 9.87. The van der Waals surface area contributed by atoms with Crippen LogP contribution >= 0.6 is 11.5 Å². The van der Waals surface area contributed by atoms with Gasteiger partial charge in [0.1, 0.15) is 5.75 Å². The number of hydrogen-bond acceptors (Lipinski definition) is 6. The maximum absolute atomic E-state index is 13.1. The number of nitrogens with zero attached hydrogens (tertiary/aromatic N) is 4. The Balaban J connectivity index is 1.51. The highest BCUT2D eigenvalue weighted by molar-refractivity contribution is 7.03. The first kappa shape index (κ1) is 19.3. The minimum atomic E-state index is 0.176. The molecule has 1 amide bonds. The first-order valence-corrected chi connectivity index (χ1v) is 10.9. The van der Waals surface area contributed by atoms with Crippen LogP contribution in [-0.4, -0.2) is 65.1 Å². The van der Waals surface area contributed by atoms with E-state index in [1.807, 2.05) is 22.4 Å². The molecule has 28 heavy (non-hydrogen) atoms. The molecule has 4 rings (SSSR count). The smallest absolute Gasteiger partial charge is 0.236 e. The number of likely N-dealkylation sites (tertiary alicyclic amines) is 2. The molecule has 2 aliphatic rings. The Hall–Kier alpha value is -1.99. The molecule has 6 nitrogen and oxygen atoms in total. The largest absolute Gasteiger partial charge is 0.497 e. The summed E-state index contributed by atoms with van der Waals surface area (Å²) in [5.74, 6) is 2.14. The van der Waals surface area contributed by atoms with Crippen molar-refractivity contribution in [3.8, 4) is 5.75 Å². The number of rotatable bonds is 5. The van der Waals surface area contributed by atoms with Gasteiger partial charge in [0.25, 0.3) is 0 Å². The molecular formula is C21H28N4O2S. The van der Waals surface area contributed by atoms with Crippen LogP contribution < -0.4 is 4.74 Å². The lowest BCUT2D eigenvalue weighted by molar-refractivity contribution is -0.131. The molecule has 0 aliphatic carbocycles. The second-order valence-electron chi connectivity index (χ2n) is 8.10.